The van der Waals surface area contributed by atoms with Crippen LogP contribution in [0.1, 0.15) is 19.8 Å². The molecule has 0 bridgehead atoms. The largest absolute Gasteiger partial charge is 0.328 e. The maximum atomic E-state index is 12.9. The number of sulfone groups is 1. The summed E-state index contributed by atoms with van der Waals surface area (Å²) in [4.78, 5) is 0.0391. The first kappa shape index (κ1) is 13.1. The lowest BCUT2D eigenvalue weighted by atomic mass is 10.2. The van der Waals surface area contributed by atoms with Crippen LogP contribution in [0.2, 0.25) is 0 Å². The predicted molar refractivity (Wildman–Crippen MR) is 61.3 cm³/mol. The Hall–Kier alpha value is -0.940. The molecule has 0 spiro atoms. The van der Waals surface area contributed by atoms with Gasteiger partial charge in [0.25, 0.3) is 0 Å². The monoisotopic (exact) mass is 245 g/mol. The van der Waals surface area contributed by atoms with Crippen molar-refractivity contribution in [2.75, 3.05) is 5.75 Å². The van der Waals surface area contributed by atoms with Gasteiger partial charge in [-0.25, -0.2) is 12.8 Å². The summed E-state index contributed by atoms with van der Waals surface area (Å²) >= 11 is 0. The van der Waals surface area contributed by atoms with Crippen molar-refractivity contribution in [1.82, 2.24) is 0 Å². The minimum Gasteiger partial charge on any atom is -0.328 e. The number of halogens is 1. The van der Waals surface area contributed by atoms with E-state index >= 15 is 0 Å². The molecule has 2 N–H and O–H groups in total. The molecule has 0 saturated heterocycles. The van der Waals surface area contributed by atoms with E-state index in [1.165, 1.54) is 18.2 Å². The SMILES string of the molecule is CC(N)CCCS(=O)(=O)c1cccc(F)c1. The fourth-order valence-electron chi connectivity index (χ4n) is 1.37. The Morgan fingerprint density at radius 3 is 2.69 bits per heavy atom. The molecule has 1 atom stereocenters. The average molecular weight is 245 g/mol. The van der Waals surface area contributed by atoms with Gasteiger partial charge in [-0.05, 0) is 38.0 Å². The molecule has 90 valence electrons. The minimum absolute atomic E-state index is 0.0114. The molecule has 0 fully saturated rings. The smallest absolute Gasteiger partial charge is 0.178 e. The molecule has 5 heteroatoms. The summed E-state index contributed by atoms with van der Waals surface area (Å²) in [6, 6.07) is 5.06. The van der Waals surface area contributed by atoms with E-state index < -0.39 is 15.7 Å². The second-order valence-corrected chi connectivity index (χ2v) is 6.00. The molecule has 0 aliphatic rings. The lowest BCUT2D eigenvalue weighted by Crippen LogP contribution is -2.16. The van der Waals surface area contributed by atoms with Crippen molar-refractivity contribution in [2.24, 2.45) is 5.73 Å². The van der Waals surface area contributed by atoms with Crippen LogP contribution in [0.25, 0.3) is 0 Å². The Labute approximate surface area is 95.4 Å². The number of hydrogen-bond donors (Lipinski definition) is 1. The maximum absolute atomic E-state index is 12.9. The van der Waals surface area contributed by atoms with E-state index in [0.29, 0.717) is 12.8 Å². The highest BCUT2D eigenvalue weighted by Crippen LogP contribution is 2.14. The minimum atomic E-state index is -3.37. The summed E-state index contributed by atoms with van der Waals surface area (Å²) in [7, 11) is -3.37. The van der Waals surface area contributed by atoms with E-state index in [0.717, 1.165) is 6.07 Å². The molecular weight excluding hydrogens is 229 g/mol. The zero-order valence-corrected chi connectivity index (χ0v) is 10.0. The maximum Gasteiger partial charge on any atom is 0.178 e. The van der Waals surface area contributed by atoms with Gasteiger partial charge in [0.05, 0.1) is 10.6 Å². The van der Waals surface area contributed by atoms with Gasteiger partial charge in [-0.15, -0.1) is 0 Å². The lowest BCUT2D eigenvalue weighted by molar-refractivity contribution is 0.581. The first-order chi connectivity index (χ1) is 7.42. The molecule has 0 aliphatic carbocycles. The number of hydrogen-bond acceptors (Lipinski definition) is 3. The van der Waals surface area contributed by atoms with Crippen molar-refractivity contribution >= 4 is 9.84 Å². The highest BCUT2D eigenvalue weighted by Gasteiger charge is 2.14. The van der Waals surface area contributed by atoms with Crippen LogP contribution < -0.4 is 5.73 Å². The highest BCUT2D eigenvalue weighted by molar-refractivity contribution is 7.91. The topological polar surface area (TPSA) is 60.2 Å². The second kappa shape index (κ2) is 5.41. The van der Waals surface area contributed by atoms with E-state index in [1.807, 2.05) is 6.92 Å². The van der Waals surface area contributed by atoms with Gasteiger partial charge in [-0.3, -0.25) is 0 Å². The third kappa shape index (κ3) is 3.90. The van der Waals surface area contributed by atoms with Gasteiger partial charge < -0.3 is 5.73 Å². The number of rotatable bonds is 5. The molecule has 0 aromatic heterocycles. The van der Waals surface area contributed by atoms with Crippen molar-refractivity contribution in [1.29, 1.82) is 0 Å². The molecule has 0 amide bonds. The van der Waals surface area contributed by atoms with Crippen LogP contribution in [-0.4, -0.2) is 20.2 Å². The Bertz CT molecular complexity index is 443. The summed E-state index contributed by atoms with van der Waals surface area (Å²) in [6.45, 7) is 1.83. The Morgan fingerprint density at radius 1 is 1.44 bits per heavy atom. The van der Waals surface area contributed by atoms with Crippen molar-refractivity contribution in [3.05, 3.63) is 30.1 Å². The summed E-state index contributed by atoms with van der Waals surface area (Å²) in [5.74, 6) is -0.522. The van der Waals surface area contributed by atoms with Gasteiger partial charge in [0.15, 0.2) is 9.84 Å². The molecular formula is C11H16FNO2S. The zero-order valence-electron chi connectivity index (χ0n) is 9.19. The van der Waals surface area contributed by atoms with Gasteiger partial charge in [-0.1, -0.05) is 6.07 Å². The van der Waals surface area contributed by atoms with E-state index in [2.05, 4.69) is 0 Å². The fraction of sp³-hybridized carbons (Fsp3) is 0.455. The van der Waals surface area contributed by atoms with Crippen LogP contribution in [0, 0.1) is 5.82 Å². The van der Waals surface area contributed by atoms with Gasteiger partial charge >= 0.3 is 0 Å². The Kier molecular flexibility index (Phi) is 4.44. The van der Waals surface area contributed by atoms with Crippen LogP contribution in [0.5, 0.6) is 0 Å². The van der Waals surface area contributed by atoms with Crippen LogP contribution >= 0.6 is 0 Å². The number of nitrogens with two attached hydrogens (primary N) is 1. The second-order valence-electron chi connectivity index (χ2n) is 3.90. The molecule has 1 aromatic rings. The number of benzene rings is 1. The van der Waals surface area contributed by atoms with E-state index in [1.54, 1.807) is 0 Å². The molecule has 1 aromatic carbocycles. The normalized spacial score (nSPS) is 13.7. The third-order valence-corrected chi connectivity index (χ3v) is 4.03. The molecule has 3 nitrogen and oxygen atoms in total. The van der Waals surface area contributed by atoms with Crippen molar-refractivity contribution in [3.63, 3.8) is 0 Å². The zero-order chi connectivity index (χ0) is 12.2. The van der Waals surface area contributed by atoms with Crippen molar-refractivity contribution in [3.8, 4) is 0 Å². The molecule has 1 unspecified atom stereocenters. The summed E-state index contributed by atoms with van der Waals surface area (Å²) in [5.41, 5.74) is 5.53. The summed E-state index contributed by atoms with van der Waals surface area (Å²) in [5, 5.41) is 0. The van der Waals surface area contributed by atoms with Gasteiger partial charge in [-0.2, -0.15) is 0 Å². The Morgan fingerprint density at radius 2 is 2.12 bits per heavy atom. The summed E-state index contributed by atoms with van der Waals surface area (Å²) < 4.78 is 36.4. The third-order valence-electron chi connectivity index (χ3n) is 2.23. The first-order valence-electron chi connectivity index (χ1n) is 5.16. The van der Waals surface area contributed by atoms with Crippen molar-refractivity contribution < 1.29 is 12.8 Å². The standard InChI is InChI=1S/C11H16FNO2S/c1-9(13)4-3-7-16(14,15)11-6-2-5-10(12)8-11/h2,5-6,8-9H,3-4,7,13H2,1H3. The van der Waals surface area contributed by atoms with E-state index in [9.17, 15) is 12.8 Å². The molecule has 0 heterocycles. The summed E-state index contributed by atoms with van der Waals surface area (Å²) in [6.07, 6.45) is 1.14. The van der Waals surface area contributed by atoms with Crippen LogP contribution in [0.4, 0.5) is 4.39 Å². The van der Waals surface area contributed by atoms with Gasteiger partial charge in [0.1, 0.15) is 5.82 Å². The van der Waals surface area contributed by atoms with Crippen molar-refractivity contribution in [2.45, 2.75) is 30.7 Å². The lowest BCUT2D eigenvalue weighted by Gasteiger charge is -2.06. The highest BCUT2D eigenvalue weighted by atomic mass is 32.2. The van der Waals surface area contributed by atoms with Gasteiger partial charge in [0, 0.05) is 6.04 Å². The average Bonchev–Trinajstić information content (AvgIpc) is 2.16. The first-order valence-corrected chi connectivity index (χ1v) is 6.81. The van der Waals surface area contributed by atoms with Crippen LogP contribution in [0.3, 0.4) is 0 Å². The molecule has 0 aliphatic heterocycles. The quantitative estimate of drug-likeness (QED) is 0.859. The Balaban J connectivity index is 2.71. The van der Waals surface area contributed by atoms with Gasteiger partial charge in [0.2, 0.25) is 0 Å². The van der Waals surface area contributed by atoms with E-state index in [-0.39, 0.29) is 16.7 Å². The molecule has 1 rings (SSSR count). The molecule has 16 heavy (non-hydrogen) atoms. The van der Waals surface area contributed by atoms with Crippen LogP contribution in [-0.2, 0) is 9.84 Å². The van der Waals surface area contributed by atoms with E-state index in [4.69, 9.17) is 5.73 Å². The van der Waals surface area contributed by atoms with Crippen LogP contribution in [0.15, 0.2) is 29.2 Å². The predicted octanol–water partition coefficient (Wildman–Crippen LogP) is 1.73. The molecule has 0 saturated carbocycles. The fourth-order valence-corrected chi connectivity index (χ4v) is 2.73. The molecule has 0 radical (unpaired) electrons.